The van der Waals surface area contributed by atoms with Crippen LogP contribution in [0.25, 0.3) is 0 Å². The zero-order chi connectivity index (χ0) is 20.4. The zero-order valence-corrected chi connectivity index (χ0v) is 16.7. The van der Waals surface area contributed by atoms with Crippen molar-refractivity contribution in [2.75, 3.05) is 18.6 Å². The average molecular weight is 394 g/mol. The summed E-state index contributed by atoms with van der Waals surface area (Å²) in [4.78, 5) is 26.0. The number of nitro benzene ring substituents is 1. The third-order valence-corrected chi connectivity index (χ3v) is 6.50. The number of amides is 1. The van der Waals surface area contributed by atoms with E-state index in [9.17, 15) is 14.9 Å². The molecule has 1 fully saturated rings. The maximum atomic E-state index is 13.4. The molecule has 2 aromatic carbocycles. The van der Waals surface area contributed by atoms with Crippen LogP contribution in [0.2, 0.25) is 0 Å². The summed E-state index contributed by atoms with van der Waals surface area (Å²) in [7, 11) is 1.38. The van der Waals surface area contributed by atoms with Crippen LogP contribution in [0.4, 0.5) is 11.4 Å². The molecule has 2 aliphatic rings. The van der Waals surface area contributed by atoms with Crippen molar-refractivity contribution in [1.29, 1.82) is 0 Å². The van der Waals surface area contributed by atoms with Gasteiger partial charge in [-0.3, -0.25) is 14.9 Å². The van der Waals surface area contributed by atoms with E-state index in [1.165, 1.54) is 63.0 Å². The molecule has 1 amide bonds. The number of ether oxygens (including phenoxy) is 1. The van der Waals surface area contributed by atoms with Crippen LogP contribution in [-0.4, -0.2) is 24.5 Å². The molecule has 0 radical (unpaired) electrons. The molecule has 2 aromatic rings. The standard InChI is InChI=1S/C23H26N2O4/c1-29-21-15-17(9-10-20(21)25(27)28)22(26)24-14-13-23(11-5-2-6-12-23)16-18-7-3-4-8-19(18)24/h3-4,7-10,15H,2,5-6,11-14,16H2,1H3. The van der Waals surface area contributed by atoms with Crippen molar-refractivity contribution in [2.24, 2.45) is 5.41 Å². The van der Waals surface area contributed by atoms with E-state index in [0.717, 1.165) is 18.5 Å². The Morgan fingerprint density at radius 3 is 2.59 bits per heavy atom. The number of fused-ring (bicyclic) bond motifs is 1. The monoisotopic (exact) mass is 394 g/mol. The van der Waals surface area contributed by atoms with Crippen LogP contribution < -0.4 is 9.64 Å². The Labute approximate surface area is 170 Å². The largest absolute Gasteiger partial charge is 0.490 e. The fraction of sp³-hybridized carbons (Fsp3) is 0.435. The second kappa shape index (κ2) is 7.85. The van der Waals surface area contributed by atoms with E-state index in [0.29, 0.717) is 12.1 Å². The molecule has 6 nitrogen and oxygen atoms in total. The zero-order valence-electron chi connectivity index (χ0n) is 16.7. The van der Waals surface area contributed by atoms with Crippen LogP contribution in [0.3, 0.4) is 0 Å². The van der Waals surface area contributed by atoms with E-state index in [4.69, 9.17) is 4.74 Å². The normalized spacial score (nSPS) is 18.0. The van der Waals surface area contributed by atoms with Gasteiger partial charge in [-0.15, -0.1) is 0 Å². The molecule has 1 saturated carbocycles. The van der Waals surface area contributed by atoms with Gasteiger partial charge in [0.15, 0.2) is 5.75 Å². The lowest BCUT2D eigenvalue weighted by Crippen LogP contribution is -2.34. The number of para-hydroxylation sites is 1. The van der Waals surface area contributed by atoms with Gasteiger partial charge in [-0.05, 0) is 48.8 Å². The Morgan fingerprint density at radius 2 is 1.86 bits per heavy atom. The lowest BCUT2D eigenvalue weighted by molar-refractivity contribution is -0.385. The molecule has 0 saturated heterocycles. The molecular weight excluding hydrogens is 368 g/mol. The van der Waals surface area contributed by atoms with Crippen molar-refractivity contribution >= 4 is 17.3 Å². The predicted octanol–water partition coefficient (Wildman–Crippen LogP) is 5.15. The summed E-state index contributed by atoms with van der Waals surface area (Å²) in [5.74, 6) is -0.0359. The number of rotatable bonds is 3. The Balaban J connectivity index is 1.69. The first-order chi connectivity index (χ1) is 14.0. The first-order valence-corrected chi connectivity index (χ1v) is 10.3. The molecule has 0 unspecified atom stereocenters. The molecule has 1 aliphatic heterocycles. The van der Waals surface area contributed by atoms with Crippen LogP contribution in [0.5, 0.6) is 5.75 Å². The summed E-state index contributed by atoms with van der Waals surface area (Å²) < 4.78 is 5.16. The SMILES string of the molecule is COc1cc(C(=O)N2CCC3(CCCCC3)Cc3ccccc32)ccc1[N+](=O)[O-]. The van der Waals surface area contributed by atoms with Crippen molar-refractivity contribution in [2.45, 2.75) is 44.9 Å². The van der Waals surface area contributed by atoms with Crippen molar-refractivity contribution in [3.05, 3.63) is 63.7 Å². The number of nitrogens with zero attached hydrogens (tertiary/aromatic N) is 2. The molecule has 0 N–H and O–H groups in total. The van der Waals surface area contributed by atoms with Gasteiger partial charge in [-0.1, -0.05) is 37.5 Å². The highest BCUT2D eigenvalue weighted by Gasteiger charge is 2.37. The Bertz CT molecular complexity index is 934. The number of methoxy groups -OCH3 is 1. The van der Waals surface area contributed by atoms with E-state index in [1.807, 2.05) is 23.1 Å². The van der Waals surface area contributed by atoms with Gasteiger partial charge in [0, 0.05) is 29.9 Å². The van der Waals surface area contributed by atoms with Crippen LogP contribution in [-0.2, 0) is 6.42 Å². The summed E-state index contributed by atoms with van der Waals surface area (Å²) in [6, 6.07) is 12.5. The smallest absolute Gasteiger partial charge is 0.310 e. The quantitative estimate of drug-likeness (QED) is 0.533. The van der Waals surface area contributed by atoms with Crippen LogP contribution in [0, 0.1) is 15.5 Å². The summed E-state index contributed by atoms with van der Waals surface area (Å²) in [6.07, 6.45) is 8.25. The minimum atomic E-state index is -0.499. The van der Waals surface area contributed by atoms with Gasteiger partial charge in [0.1, 0.15) is 0 Å². The number of hydrogen-bond acceptors (Lipinski definition) is 4. The maximum Gasteiger partial charge on any atom is 0.310 e. The van der Waals surface area contributed by atoms with Gasteiger partial charge in [-0.2, -0.15) is 0 Å². The third kappa shape index (κ3) is 3.71. The molecule has 1 heterocycles. The molecular formula is C23H26N2O4. The number of carbonyl (C=O) groups is 1. The van der Waals surface area contributed by atoms with Gasteiger partial charge in [-0.25, -0.2) is 0 Å². The molecule has 29 heavy (non-hydrogen) atoms. The van der Waals surface area contributed by atoms with Crippen molar-refractivity contribution in [3.8, 4) is 5.75 Å². The Hall–Kier alpha value is -2.89. The van der Waals surface area contributed by atoms with Crippen LogP contribution in [0.15, 0.2) is 42.5 Å². The number of benzene rings is 2. The molecule has 4 rings (SSSR count). The van der Waals surface area contributed by atoms with Crippen molar-refractivity contribution < 1.29 is 14.5 Å². The van der Waals surface area contributed by atoms with Gasteiger partial charge in [0.25, 0.3) is 5.91 Å². The summed E-state index contributed by atoms with van der Waals surface area (Å²) in [5.41, 5.74) is 2.71. The highest BCUT2D eigenvalue weighted by Crippen LogP contribution is 2.46. The first kappa shape index (κ1) is 19.4. The van der Waals surface area contributed by atoms with Crippen LogP contribution in [0.1, 0.15) is 54.4 Å². The predicted molar refractivity (Wildman–Crippen MR) is 112 cm³/mol. The fourth-order valence-electron chi connectivity index (χ4n) is 4.94. The van der Waals surface area contributed by atoms with E-state index in [1.54, 1.807) is 0 Å². The van der Waals surface area contributed by atoms with Gasteiger partial charge < -0.3 is 9.64 Å². The second-order valence-electron chi connectivity index (χ2n) is 8.22. The number of anilines is 1. The molecule has 1 aliphatic carbocycles. The molecule has 0 aromatic heterocycles. The molecule has 152 valence electrons. The lowest BCUT2D eigenvalue weighted by Gasteiger charge is -2.36. The van der Waals surface area contributed by atoms with E-state index in [2.05, 4.69) is 6.07 Å². The molecule has 0 atom stereocenters. The topological polar surface area (TPSA) is 72.7 Å². The molecule has 0 bridgehead atoms. The number of carbonyl (C=O) groups excluding carboxylic acids is 1. The van der Waals surface area contributed by atoms with Crippen molar-refractivity contribution in [1.82, 2.24) is 0 Å². The van der Waals surface area contributed by atoms with Gasteiger partial charge >= 0.3 is 5.69 Å². The maximum absolute atomic E-state index is 13.4. The number of nitro groups is 1. The van der Waals surface area contributed by atoms with Gasteiger partial charge in [0.05, 0.1) is 12.0 Å². The van der Waals surface area contributed by atoms with E-state index >= 15 is 0 Å². The minimum absolute atomic E-state index is 0.104. The molecule has 1 spiro atoms. The highest BCUT2D eigenvalue weighted by atomic mass is 16.6. The Kier molecular flexibility index (Phi) is 5.26. The summed E-state index contributed by atoms with van der Waals surface area (Å²) in [5, 5.41) is 11.2. The lowest BCUT2D eigenvalue weighted by atomic mass is 9.69. The van der Waals surface area contributed by atoms with E-state index < -0.39 is 4.92 Å². The summed E-state index contributed by atoms with van der Waals surface area (Å²) in [6.45, 7) is 0.662. The molecule has 6 heteroatoms. The third-order valence-electron chi connectivity index (χ3n) is 6.50. The first-order valence-electron chi connectivity index (χ1n) is 10.3. The van der Waals surface area contributed by atoms with Crippen LogP contribution >= 0.6 is 0 Å². The van der Waals surface area contributed by atoms with E-state index in [-0.39, 0.29) is 22.8 Å². The average Bonchev–Trinajstić information content (AvgIpc) is 2.89. The second-order valence-corrected chi connectivity index (χ2v) is 8.22. The minimum Gasteiger partial charge on any atom is -0.490 e. The Morgan fingerprint density at radius 1 is 1.10 bits per heavy atom. The van der Waals surface area contributed by atoms with Crippen molar-refractivity contribution in [3.63, 3.8) is 0 Å². The fourth-order valence-corrected chi connectivity index (χ4v) is 4.94. The van der Waals surface area contributed by atoms with Gasteiger partial charge in [0.2, 0.25) is 0 Å². The number of hydrogen-bond donors (Lipinski definition) is 0. The highest BCUT2D eigenvalue weighted by molar-refractivity contribution is 6.07. The summed E-state index contributed by atoms with van der Waals surface area (Å²) >= 11 is 0.